The molecule has 0 aliphatic carbocycles. The number of hydrogen-bond acceptors (Lipinski definition) is 1. The molecule has 1 saturated heterocycles. The van der Waals surface area contributed by atoms with E-state index >= 15 is 0 Å². The Kier molecular flexibility index (Phi) is 3.58. The van der Waals surface area contributed by atoms with Crippen LogP contribution < -0.4 is 0 Å². The molecular formula is C19H17ClN2O. The van der Waals surface area contributed by atoms with Crippen molar-refractivity contribution in [3.05, 3.63) is 70.9 Å². The van der Waals surface area contributed by atoms with E-state index in [2.05, 4.69) is 4.98 Å². The molecule has 1 aliphatic heterocycles. The first-order valence-electron chi connectivity index (χ1n) is 7.87. The summed E-state index contributed by atoms with van der Waals surface area (Å²) in [5.74, 6) is 0.0811. The molecule has 0 saturated carbocycles. The van der Waals surface area contributed by atoms with E-state index in [0.717, 1.165) is 46.4 Å². The highest BCUT2D eigenvalue weighted by Gasteiger charge is 2.32. The summed E-state index contributed by atoms with van der Waals surface area (Å²) in [6.07, 6.45) is 3.83. The van der Waals surface area contributed by atoms with Gasteiger partial charge in [0.25, 0.3) is 5.91 Å². The Morgan fingerprint density at radius 1 is 1.13 bits per heavy atom. The summed E-state index contributed by atoms with van der Waals surface area (Å²) < 4.78 is 0. The number of carbonyl (C=O) groups is 1. The number of nitrogens with zero attached hydrogens (tertiary/aromatic N) is 1. The second kappa shape index (κ2) is 5.74. The van der Waals surface area contributed by atoms with Crippen molar-refractivity contribution in [2.75, 3.05) is 6.54 Å². The first-order chi connectivity index (χ1) is 11.3. The molecule has 1 aromatic heterocycles. The van der Waals surface area contributed by atoms with Gasteiger partial charge in [-0.15, -0.1) is 0 Å². The lowest BCUT2D eigenvalue weighted by Crippen LogP contribution is -2.30. The van der Waals surface area contributed by atoms with Crippen LogP contribution in [0.2, 0.25) is 5.02 Å². The van der Waals surface area contributed by atoms with Crippen LogP contribution in [0, 0.1) is 0 Å². The third kappa shape index (κ3) is 2.41. The van der Waals surface area contributed by atoms with Crippen molar-refractivity contribution in [2.45, 2.75) is 18.9 Å². The third-order valence-corrected chi connectivity index (χ3v) is 4.95. The van der Waals surface area contributed by atoms with Crippen molar-refractivity contribution < 1.29 is 4.79 Å². The number of aromatic amines is 1. The number of benzene rings is 2. The molecule has 1 atom stereocenters. The van der Waals surface area contributed by atoms with E-state index in [1.54, 1.807) is 0 Å². The number of aromatic nitrogens is 1. The molecule has 3 nitrogen and oxygen atoms in total. The van der Waals surface area contributed by atoms with Gasteiger partial charge in [-0.05, 0) is 42.7 Å². The molecule has 4 heteroatoms. The monoisotopic (exact) mass is 324 g/mol. The van der Waals surface area contributed by atoms with Crippen molar-refractivity contribution in [3.63, 3.8) is 0 Å². The molecule has 0 bridgehead atoms. The number of hydrogen-bond donors (Lipinski definition) is 1. The number of H-pyrrole nitrogens is 1. The maximum absolute atomic E-state index is 13.1. The Bertz CT molecular complexity index is 870. The minimum absolute atomic E-state index is 0.0606. The molecular weight excluding hydrogens is 308 g/mol. The molecule has 4 rings (SSSR count). The summed E-state index contributed by atoms with van der Waals surface area (Å²) >= 11 is 6.35. The van der Waals surface area contributed by atoms with Gasteiger partial charge in [0.2, 0.25) is 0 Å². The van der Waals surface area contributed by atoms with Crippen molar-refractivity contribution >= 4 is 28.4 Å². The van der Waals surface area contributed by atoms with Gasteiger partial charge in [-0.1, -0.05) is 35.9 Å². The Labute approximate surface area is 139 Å². The average molecular weight is 325 g/mol. The van der Waals surface area contributed by atoms with E-state index < -0.39 is 0 Å². The fraction of sp³-hybridized carbons (Fsp3) is 0.211. The molecule has 116 valence electrons. The molecule has 3 aromatic rings. The zero-order chi connectivity index (χ0) is 15.8. The van der Waals surface area contributed by atoms with E-state index in [0.29, 0.717) is 0 Å². The Hall–Kier alpha value is -2.26. The molecule has 1 fully saturated rings. The Morgan fingerprint density at radius 2 is 2.00 bits per heavy atom. The van der Waals surface area contributed by atoms with Crippen LogP contribution in [0.15, 0.2) is 54.7 Å². The molecule has 23 heavy (non-hydrogen) atoms. The van der Waals surface area contributed by atoms with Gasteiger partial charge in [-0.25, -0.2) is 0 Å². The normalized spacial score (nSPS) is 17.8. The van der Waals surface area contributed by atoms with Gasteiger partial charge >= 0.3 is 0 Å². The number of amides is 1. The quantitative estimate of drug-likeness (QED) is 0.722. The fourth-order valence-electron chi connectivity index (χ4n) is 3.51. The third-order valence-electron chi connectivity index (χ3n) is 4.60. The molecule has 0 radical (unpaired) electrons. The minimum atomic E-state index is 0.0606. The van der Waals surface area contributed by atoms with Crippen LogP contribution >= 0.6 is 11.6 Å². The summed E-state index contributed by atoms with van der Waals surface area (Å²) in [4.78, 5) is 18.2. The number of fused-ring (bicyclic) bond motifs is 1. The Morgan fingerprint density at radius 3 is 2.87 bits per heavy atom. The van der Waals surface area contributed by atoms with E-state index in [1.807, 2.05) is 59.6 Å². The van der Waals surface area contributed by atoms with Crippen LogP contribution in [0.1, 0.15) is 34.8 Å². The van der Waals surface area contributed by atoms with Gasteiger partial charge in [0.05, 0.1) is 6.04 Å². The first-order valence-corrected chi connectivity index (χ1v) is 8.25. The maximum Gasteiger partial charge on any atom is 0.255 e. The zero-order valence-electron chi connectivity index (χ0n) is 12.6. The average Bonchev–Trinajstić information content (AvgIpc) is 3.23. The maximum atomic E-state index is 13.1. The number of likely N-dealkylation sites (tertiary alicyclic amines) is 1. The van der Waals surface area contributed by atoms with Crippen molar-refractivity contribution in [2.24, 2.45) is 0 Å². The van der Waals surface area contributed by atoms with E-state index in [9.17, 15) is 4.79 Å². The van der Waals surface area contributed by atoms with Crippen molar-refractivity contribution in [1.82, 2.24) is 9.88 Å². The summed E-state index contributed by atoms with van der Waals surface area (Å²) in [5.41, 5.74) is 2.79. The van der Waals surface area contributed by atoms with Gasteiger partial charge < -0.3 is 9.88 Å². The lowest BCUT2D eigenvalue weighted by molar-refractivity contribution is 0.0738. The topological polar surface area (TPSA) is 36.1 Å². The molecule has 0 spiro atoms. The molecule has 1 amide bonds. The van der Waals surface area contributed by atoms with Crippen LogP contribution in [0.5, 0.6) is 0 Å². The van der Waals surface area contributed by atoms with Crippen LogP contribution in [-0.2, 0) is 0 Å². The molecule has 1 unspecified atom stereocenters. The zero-order valence-corrected chi connectivity index (χ0v) is 13.4. The largest absolute Gasteiger partial charge is 0.361 e. The van der Waals surface area contributed by atoms with Crippen molar-refractivity contribution in [3.8, 4) is 0 Å². The van der Waals surface area contributed by atoms with Crippen LogP contribution in [0.4, 0.5) is 0 Å². The number of carbonyl (C=O) groups excluding carboxylic acids is 1. The summed E-state index contributed by atoms with van der Waals surface area (Å²) in [5, 5.41) is 1.71. The molecule has 1 N–H and O–H groups in total. The van der Waals surface area contributed by atoms with Gasteiger partial charge in [0, 0.05) is 34.2 Å². The van der Waals surface area contributed by atoms with Crippen LogP contribution in [-0.4, -0.2) is 22.3 Å². The number of halogens is 1. The standard InChI is InChI=1S/C19H17ClN2O/c20-16-7-2-1-5-15(16)18-9-4-12-22(18)19(23)14-6-3-8-17-13(14)10-11-21-17/h1-3,5-8,10-11,18,21H,4,9,12H2. The van der Waals surface area contributed by atoms with Gasteiger partial charge in [-0.2, -0.15) is 0 Å². The van der Waals surface area contributed by atoms with Gasteiger partial charge in [-0.3, -0.25) is 4.79 Å². The van der Waals surface area contributed by atoms with Crippen molar-refractivity contribution in [1.29, 1.82) is 0 Å². The highest BCUT2D eigenvalue weighted by Crippen LogP contribution is 2.37. The SMILES string of the molecule is O=C(c1cccc2[nH]ccc12)N1CCCC1c1ccccc1Cl. The fourth-order valence-corrected chi connectivity index (χ4v) is 3.77. The van der Waals surface area contributed by atoms with Gasteiger partial charge in [0.1, 0.15) is 0 Å². The van der Waals surface area contributed by atoms with E-state index in [1.165, 1.54) is 0 Å². The molecule has 2 aromatic carbocycles. The second-order valence-electron chi connectivity index (χ2n) is 5.92. The summed E-state index contributed by atoms with van der Waals surface area (Å²) in [6, 6.07) is 15.7. The predicted molar refractivity (Wildman–Crippen MR) is 92.8 cm³/mol. The van der Waals surface area contributed by atoms with E-state index in [4.69, 9.17) is 11.6 Å². The smallest absolute Gasteiger partial charge is 0.255 e. The number of rotatable bonds is 2. The lowest BCUT2D eigenvalue weighted by atomic mass is 10.0. The highest BCUT2D eigenvalue weighted by atomic mass is 35.5. The first kappa shape index (κ1) is 14.3. The lowest BCUT2D eigenvalue weighted by Gasteiger charge is -2.26. The molecule has 2 heterocycles. The molecule has 1 aliphatic rings. The highest BCUT2D eigenvalue weighted by molar-refractivity contribution is 6.31. The Balaban J connectivity index is 1.73. The number of nitrogens with one attached hydrogen (secondary N) is 1. The van der Waals surface area contributed by atoms with Crippen LogP contribution in [0.25, 0.3) is 10.9 Å². The van der Waals surface area contributed by atoms with Gasteiger partial charge in [0.15, 0.2) is 0 Å². The van der Waals surface area contributed by atoms with E-state index in [-0.39, 0.29) is 11.9 Å². The van der Waals surface area contributed by atoms with Crippen LogP contribution in [0.3, 0.4) is 0 Å². The summed E-state index contributed by atoms with van der Waals surface area (Å²) in [6.45, 7) is 0.773. The second-order valence-corrected chi connectivity index (χ2v) is 6.33. The minimum Gasteiger partial charge on any atom is -0.361 e. The summed E-state index contributed by atoms with van der Waals surface area (Å²) in [7, 11) is 0. The predicted octanol–water partition coefficient (Wildman–Crippen LogP) is 4.80.